The molecule has 222 valence electrons. The number of para-hydroxylation sites is 1. The Labute approximate surface area is 261 Å². The van der Waals surface area contributed by atoms with Gasteiger partial charge in [0.2, 0.25) is 0 Å². The third-order valence-corrected chi connectivity index (χ3v) is 7.63. The van der Waals surface area contributed by atoms with E-state index in [9.17, 15) is 14.9 Å². The molecule has 0 fully saturated rings. The van der Waals surface area contributed by atoms with Crippen LogP contribution in [0.5, 0.6) is 11.5 Å². The molecule has 8 nitrogen and oxygen atoms in total. The number of aromatic nitrogens is 2. The fourth-order valence-corrected chi connectivity index (χ4v) is 5.16. The van der Waals surface area contributed by atoms with Crippen molar-refractivity contribution >= 4 is 29.5 Å². The van der Waals surface area contributed by atoms with Crippen molar-refractivity contribution in [3.05, 3.63) is 112 Å². The second kappa shape index (κ2) is 13.4. The van der Waals surface area contributed by atoms with Crippen LogP contribution < -0.4 is 9.47 Å². The fraction of sp³-hybridized carbons (Fsp3) is 0.200. The summed E-state index contributed by atoms with van der Waals surface area (Å²) in [5.74, 6) is 0.214. The van der Waals surface area contributed by atoms with Crippen molar-refractivity contribution in [2.45, 2.75) is 26.7 Å². The maximum atomic E-state index is 13.9. The number of hydrogen-bond donors (Lipinski definition) is 0. The minimum absolute atomic E-state index is 0.0666. The summed E-state index contributed by atoms with van der Waals surface area (Å²) in [5.41, 5.74) is 4.17. The number of benzene rings is 3. The molecule has 4 aromatic rings. The normalized spacial score (nSPS) is 14.2. The number of carbonyl (C=O) groups excluding carboxylic acids is 2. The molecule has 0 bridgehead atoms. The summed E-state index contributed by atoms with van der Waals surface area (Å²) in [4.78, 5) is 28.3. The summed E-state index contributed by atoms with van der Waals surface area (Å²) in [7, 11) is 1.59. The highest BCUT2D eigenvalue weighted by Gasteiger charge is 2.35. The number of hydrogen-bond acceptors (Lipinski definition) is 6. The summed E-state index contributed by atoms with van der Waals surface area (Å²) in [6, 6.07) is 24.5. The van der Waals surface area contributed by atoms with E-state index in [-0.39, 0.29) is 17.7 Å². The number of amides is 2. The number of halogens is 1. The SMILES string of the molecule is CCCOc1ccc(-c2nn(-c3ccccc3)cc2/C=C2/C(=O)N(CCc3ccc(OC)cc3)C(=O)C(C#N)=C2C)cc1Cl. The lowest BCUT2D eigenvalue weighted by Crippen LogP contribution is -2.43. The molecule has 1 aromatic heterocycles. The highest BCUT2D eigenvalue weighted by atomic mass is 35.5. The molecule has 5 rings (SSSR count). The van der Waals surface area contributed by atoms with Gasteiger partial charge in [0, 0.05) is 29.4 Å². The van der Waals surface area contributed by atoms with E-state index < -0.39 is 11.8 Å². The Bertz CT molecular complexity index is 1800. The van der Waals surface area contributed by atoms with Crippen molar-refractivity contribution in [3.63, 3.8) is 0 Å². The Balaban J connectivity index is 1.56. The number of nitriles is 1. The zero-order chi connectivity index (χ0) is 31.2. The third kappa shape index (κ3) is 6.29. The van der Waals surface area contributed by atoms with E-state index in [1.165, 1.54) is 0 Å². The minimum atomic E-state index is -0.602. The van der Waals surface area contributed by atoms with Crippen LogP contribution in [-0.4, -0.2) is 46.8 Å². The van der Waals surface area contributed by atoms with E-state index in [0.717, 1.165) is 28.1 Å². The molecule has 2 amide bonds. The van der Waals surface area contributed by atoms with E-state index in [4.69, 9.17) is 26.2 Å². The Morgan fingerprint density at radius 3 is 2.43 bits per heavy atom. The standard InChI is InChI=1S/C35H31ClN4O4/c1-4-18-44-32-15-12-25(20-31(32)36)33-26(22-40(38-33)27-8-6-5-7-9-27)19-29-23(2)30(21-37)35(42)39(34(29)41)17-16-24-10-13-28(43-3)14-11-24/h5-15,19-20,22H,4,16-18H2,1-3H3/b29-19+. The fourth-order valence-electron chi connectivity index (χ4n) is 4.93. The minimum Gasteiger partial charge on any atom is -0.497 e. The molecule has 0 spiro atoms. The second-order valence-electron chi connectivity index (χ2n) is 10.2. The van der Waals surface area contributed by atoms with Gasteiger partial charge in [-0.1, -0.05) is 48.9 Å². The summed E-state index contributed by atoms with van der Waals surface area (Å²) in [6.45, 7) is 4.30. The molecule has 0 atom stereocenters. The van der Waals surface area contributed by atoms with Gasteiger partial charge < -0.3 is 9.47 Å². The first-order valence-electron chi connectivity index (χ1n) is 14.2. The van der Waals surface area contributed by atoms with Crippen molar-refractivity contribution in [1.82, 2.24) is 14.7 Å². The molecule has 1 aliphatic heterocycles. The average molecular weight is 607 g/mol. The number of ether oxygens (including phenoxy) is 2. The summed E-state index contributed by atoms with van der Waals surface area (Å²) in [5, 5.41) is 15.2. The van der Waals surface area contributed by atoms with Crippen molar-refractivity contribution in [2.24, 2.45) is 0 Å². The largest absolute Gasteiger partial charge is 0.497 e. The Hall–Kier alpha value is -5.13. The van der Waals surface area contributed by atoms with Crippen LogP contribution in [0.3, 0.4) is 0 Å². The van der Waals surface area contributed by atoms with E-state index >= 15 is 0 Å². The summed E-state index contributed by atoms with van der Waals surface area (Å²) < 4.78 is 12.7. The quantitative estimate of drug-likeness (QED) is 0.145. The first-order chi connectivity index (χ1) is 21.3. The van der Waals surface area contributed by atoms with Crippen LogP contribution in [0, 0.1) is 11.3 Å². The Kier molecular flexibility index (Phi) is 9.27. The van der Waals surface area contributed by atoms with Gasteiger partial charge in [-0.2, -0.15) is 10.4 Å². The van der Waals surface area contributed by atoms with Gasteiger partial charge in [-0.15, -0.1) is 0 Å². The van der Waals surface area contributed by atoms with Gasteiger partial charge in [-0.3, -0.25) is 14.5 Å². The van der Waals surface area contributed by atoms with E-state index in [2.05, 4.69) is 0 Å². The van der Waals surface area contributed by atoms with E-state index in [0.29, 0.717) is 46.4 Å². The first kappa shape index (κ1) is 30.3. The molecular weight excluding hydrogens is 576 g/mol. The molecule has 0 N–H and O–H groups in total. The molecule has 0 radical (unpaired) electrons. The molecule has 9 heteroatoms. The van der Waals surface area contributed by atoms with Gasteiger partial charge in [0.15, 0.2) is 0 Å². The van der Waals surface area contributed by atoms with Gasteiger partial charge in [-0.05, 0) is 79.4 Å². The van der Waals surface area contributed by atoms with Crippen molar-refractivity contribution in [2.75, 3.05) is 20.3 Å². The number of rotatable bonds is 10. The molecule has 44 heavy (non-hydrogen) atoms. The predicted octanol–water partition coefficient (Wildman–Crippen LogP) is 6.83. The number of nitrogens with zero attached hydrogens (tertiary/aromatic N) is 4. The van der Waals surface area contributed by atoms with Gasteiger partial charge in [-0.25, -0.2) is 4.68 Å². The van der Waals surface area contributed by atoms with E-state index in [1.54, 1.807) is 36.9 Å². The monoisotopic (exact) mass is 606 g/mol. The van der Waals surface area contributed by atoms with Gasteiger partial charge >= 0.3 is 0 Å². The number of imide groups is 1. The number of methoxy groups -OCH3 is 1. The lowest BCUT2D eigenvalue weighted by Gasteiger charge is -2.27. The van der Waals surface area contributed by atoms with Gasteiger partial charge in [0.05, 0.1) is 24.4 Å². The smallest absolute Gasteiger partial charge is 0.271 e. The lowest BCUT2D eigenvalue weighted by molar-refractivity contribution is -0.140. The summed E-state index contributed by atoms with van der Waals surface area (Å²) >= 11 is 6.58. The van der Waals surface area contributed by atoms with Crippen LogP contribution in [0.4, 0.5) is 0 Å². The summed E-state index contributed by atoms with van der Waals surface area (Å²) in [6.07, 6.45) is 4.79. The van der Waals surface area contributed by atoms with Gasteiger partial charge in [0.1, 0.15) is 28.8 Å². The topological polar surface area (TPSA) is 97.4 Å². The lowest BCUT2D eigenvalue weighted by atomic mass is 9.93. The molecule has 0 unspecified atom stereocenters. The highest BCUT2D eigenvalue weighted by molar-refractivity contribution is 6.32. The maximum Gasteiger partial charge on any atom is 0.271 e. The molecule has 1 aliphatic rings. The Morgan fingerprint density at radius 2 is 1.77 bits per heavy atom. The van der Waals surface area contributed by atoms with Crippen LogP contribution >= 0.6 is 11.6 Å². The maximum absolute atomic E-state index is 13.9. The van der Waals surface area contributed by atoms with Crippen LogP contribution in [0.1, 0.15) is 31.4 Å². The molecule has 2 heterocycles. The average Bonchev–Trinajstić information content (AvgIpc) is 3.47. The van der Waals surface area contributed by atoms with Gasteiger partial charge in [0.25, 0.3) is 11.8 Å². The van der Waals surface area contributed by atoms with Crippen molar-refractivity contribution in [1.29, 1.82) is 5.26 Å². The molecule has 3 aromatic carbocycles. The predicted molar refractivity (Wildman–Crippen MR) is 170 cm³/mol. The third-order valence-electron chi connectivity index (χ3n) is 7.34. The number of carbonyl (C=O) groups is 2. The first-order valence-corrected chi connectivity index (χ1v) is 14.6. The second-order valence-corrected chi connectivity index (χ2v) is 10.6. The molecule has 0 saturated carbocycles. The zero-order valence-electron chi connectivity index (χ0n) is 24.7. The molecule has 0 saturated heterocycles. The van der Waals surface area contributed by atoms with Crippen LogP contribution in [-0.2, 0) is 16.0 Å². The van der Waals surface area contributed by atoms with Crippen LogP contribution in [0.25, 0.3) is 23.0 Å². The molecular formula is C35H31ClN4O4. The molecule has 0 aliphatic carbocycles. The highest BCUT2D eigenvalue weighted by Crippen LogP contribution is 2.34. The van der Waals surface area contributed by atoms with Crippen molar-refractivity contribution < 1.29 is 19.1 Å². The van der Waals surface area contributed by atoms with Crippen LogP contribution in [0.2, 0.25) is 5.02 Å². The van der Waals surface area contributed by atoms with Crippen molar-refractivity contribution in [3.8, 4) is 34.5 Å². The van der Waals surface area contributed by atoms with E-state index in [1.807, 2.05) is 79.9 Å². The zero-order valence-corrected chi connectivity index (χ0v) is 25.5. The Morgan fingerprint density at radius 1 is 1.02 bits per heavy atom. The van der Waals surface area contributed by atoms with Crippen LogP contribution in [0.15, 0.2) is 95.7 Å².